The van der Waals surface area contributed by atoms with Gasteiger partial charge in [0, 0.05) is 16.6 Å². The standard InChI is InChI=1S/C15H12BrN3O4S/c1-23-13-7-6-9(19(21)22)8-12(13)17-15(24)18-14(20)10-4-2-3-5-11(10)16/h2-8H,1H3,(H2,17,18,20,24). The second-order valence-corrected chi connectivity index (χ2v) is 5.79. The number of hydrogen-bond donors (Lipinski definition) is 2. The minimum atomic E-state index is -0.534. The first-order valence-corrected chi connectivity index (χ1v) is 7.81. The van der Waals surface area contributed by atoms with Crippen LogP contribution >= 0.6 is 28.1 Å². The molecule has 1 amide bonds. The van der Waals surface area contributed by atoms with E-state index in [2.05, 4.69) is 26.6 Å². The summed E-state index contributed by atoms with van der Waals surface area (Å²) in [5.41, 5.74) is 0.565. The summed E-state index contributed by atoms with van der Waals surface area (Å²) in [5.74, 6) is -0.0533. The maximum Gasteiger partial charge on any atom is 0.271 e. The van der Waals surface area contributed by atoms with Gasteiger partial charge in [-0.3, -0.25) is 20.2 Å². The Bertz CT molecular complexity index is 813. The lowest BCUT2D eigenvalue weighted by atomic mass is 10.2. The lowest BCUT2D eigenvalue weighted by molar-refractivity contribution is -0.384. The number of nitro benzene ring substituents is 1. The van der Waals surface area contributed by atoms with Crippen LogP contribution in [0.3, 0.4) is 0 Å². The van der Waals surface area contributed by atoms with Gasteiger partial charge < -0.3 is 10.1 Å². The number of nitrogens with one attached hydrogen (secondary N) is 2. The van der Waals surface area contributed by atoms with Gasteiger partial charge in [-0.2, -0.15) is 0 Å². The summed E-state index contributed by atoms with van der Waals surface area (Å²) in [7, 11) is 1.43. The molecule has 7 nitrogen and oxygen atoms in total. The Morgan fingerprint density at radius 2 is 2.00 bits per heavy atom. The highest BCUT2D eigenvalue weighted by atomic mass is 79.9. The van der Waals surface area contributed by atoms with E-state index in [1.807, 2.05) is 0 Å². The molecule has 0 heterocycles. The third-order valence-electron chi connectivity index (χ3n) is 2.99. The minimum absolute atomic E-state index is 0.00505. The van der Waals surface area contributed by atoms with Crippen molar-refractivity contribution in [2.24, 2.45) is 0 Å². The van der Waals surface area contributed by atoms with Crippen LogP contribution in [-0.2, 0) is 0 Å². The topological polar surface area (TPSA) is 93.5 Å². The Morgan fingerprint density at radius 3 is 2.62 bits per heavy atom. The van der Waals surface area contributed by atoms with Gasteiger partial charge in [0.25, 0.3) is 11.6 Å². The molecule has 0 saturated heterocycles. The van der Waals surface area contributed by atoms with Gasteiger partial charge in [0.15, 0.2) is 5.11 Å². The number of thiocarbonyl (C=S) groups is 1. The molecule has 0 fully saturated rings. The van der Waals surface area contributed by atoms with E-state index in [4.69, 9.17) is 17.0 Å². The van der Waals surface area contributed by atoms with E-state index in [1.54, 1.807) is 24.3 Å². The molecule has 0 saturated carbocycles. The number of amides is 1. The summed E-state index contributed by atoms with van der Waals surface area (Å²) in [6.45, 7) is 0. The van der Waals surface area contributed by atoms with Crippen molar-refractivity contribution in [1.29, 1.82) is 0 Å². The maximum atomic E-state index is 12.2. The lowest BCUT2D eigenvalue weighted by Gasteiger charge is -2.13. The summed E-state index contributed by atoms with van der Waals surface area (Å²) >= 11 is 8.37. The van der Waals surface area contributed by atoms with Crippen molar-refractivity contribution in [2.75, 3.05) is 12.4 Å². The molecule has 0 aliphatic rings. The highest BCUT2D eigenvalue weighted by molar-refractivity contribution is 9.10. The first kappa shape index (κ1) is 17.8. The van der Waals surface area contributed by atoms with Crippen LogP contribution in [0.5, 0.6) is 5.75 Å². The maximum absolute atomic E-state index is 12.2. The Hall–Kier alpha value is -2.52. The molecule has 2 aromatic rings. The van der Waals surface area contributed by atoms with Crippen LogP contribution < -0.4 is 15.4 Å². The minimum Gasteiger partial charge on any atom is -0.495 e. The fourth-order valence-electron chi connectivity index (χ4n) is 1.88. The van der Waals surface area contributed by atoms with Gasteiger partial charge in [-0.05, 0) is 46.3 Å². The average molecular weight is 410 g/mol. The van der Waals surface area contributed by atoms with Crippen molar-refractivity contribution in [2.45, 2.75) is 0 Å². The molecule has 2 aromatic carbocycles. The monoisotopic (exact) mass is 409 g/mol. The molecule has 2 N–H and O–H groups in total. The number of carbonyl (C=O) groups excluding carboxylic acids is 1. The normalized spacial score (nSPS) is 9.92. The molecule has 2 rings (SSSR count). The number of carbonyl (C=O) groups is 1. The second-order valence-electron chi connectivity index (χ2n) is 4.53. The van der Waals surface area contributed by atoms with Gasteiger partial charge in [0.05, 0.1) is 23.3 Å². The first-order chi connectivity index (χ1) is 11.4. The van der Waals surface area contributed by atoms with Crippen molar-refractivity contribution in [3.63, 3.8) is 0 Å². The molecule has 0 spiro atoms. The average Bonchev–Trinajstić information content (AvgIpc) is 2.54. The van der Waals surface area contributed by atoms with E-state index in [1.165, 1.54) is 25.3 Å². The van der Waals surface area contributed by atoms with Crippen LogP contribution in [0.1, 0.15) is 10.4 Å². The summed E-state index contributed by atoms with van der Waals surface area (Å²) in [6, 6.07) is 10.9. The largest absolute Gasteiger partial charge is 0.495 e. The molecule has 24 heavy (non-hydrogen) atoms. The molecule has 9 heteroatoms. The molecule has 0 aliphatic heterocycles. The number of ether oxygens (including phenoxy) is 1. The molecule has 0 unspecified atom stereocenters. The molecule has 124 valence electrons. The van der Waals surface area contributed by atoms with Crippen LogP contribution in [0.15, 0.2) is 46.9 Å². The third kappa shape index (κ3) is 4.27. The fraction of sp³-hybridized carbons (Fsp3) is 0.0667. The summed E-state index contributed by atoms with van der Waals surface area (Å²) in [6.07, 6.45) is 0. The number of nitro groups is 1. The van der Waals surface area contributed by atoms with Crippen LogP contribution in [0.25, 0.3) is 0 Å². The van der Waals surface area contributed by atoms with Crippen molar-refractivity contribution in [1.82, 2.24) is 5.32 Å². The van der Waals surface area contributed by atoms with E-state index in [0.29, 0.717) is 15.8 Å². The summed E-state index contributed by atoms with van der Waals surface area (Å²) < 4.78 is 5.75. The summed E-state index contributed by atoms with van der Waals surface area (Å²) in [4.78, 5) is 22.5. The van der Waals surface area contributed by atoms with Gasteiger partial charge in [0.1, 0.15) is 5.75 Å². The molecule has 0 aromatic heterocycles. The predicted molar refractivity (Wildman–Crippen MR) is 97.5 cm³/mol. The van der Waals surface area contributed by atoms with Crippen LogP contribution in [-0.4, -0.2) is 23.1 Å². The van der Waals surface area contributed by atoms with Crippen LogP contribution in [0.2, 0.25) is 0 Å². The van der Waals surface area contributed by atoms with Crippen molar-refractivity contribution in [3.05, 3.63) is 62.6 Å². The lowest BCUT2D eigenvalue weighted by Crippen LogP contribution is -2.34. The molecular weight excluding hydrogens is 398 g/mol. The predicted octanol–water partition coefficient (Wildman–Crippen LogP) is 3.49. The second kappa shape index (κ2) is 7.84. The van der Waals surface area contributed by atoms with Gasteiger partial charge in [0.2, 0.25) is 0 Å². The number of rotatable bonds is 4. The van der Waals surface area contributed by atoms with Gasteiger partial charge >= 0.3 is 0 Å². The molecule has 0 aliphatic carbocycles. The highest BCUT2D eigenvalue weighted by Crippen LogP contribution is 2.28. The Morgan fingerprint density at radius 1 is 1.29 bits per heavy atom. The van der Waals surface area contributed by atoms with Gasteiger partial charge in [-0.1, -0.05) is 12.1 Å². The Kier molecular flexibility index (Phi) is 5.83. The number of nitrogens with zero attached hydrogens (tertiary/aromatic N) is 1. The van der Waals surface area contributed by atoms with E-state index in [-0.39, 0.29) is 16.5 Å². The van der Waals surface area contributed by atoms with E-state index in [9.17, 15) is 14.9 Å². The number of anilines is 1. The molecular formula is C15H12BrN3O4S. The van der Waals surface area contributed by atoms with Gasteiger partial charge in [-0.25, -0.2) is 0 Å². The Labute approximate surface area is 151 Å². The molecule has 0 atom stereocenters. The number of methoxy groups -OCH3 is 1. The molecule has 0 bridgehead atoms. The number of halogens is 1. The SMILES string of the molecule is COc1ccc([N+](=O)[O-])cc1NC(=S)NC(=O)c1ccccc1Br. The number of hydrogen-bond acceptors (Lipinski definition) is 5. The quantitative estimate of drug-likeness (QED) is 0.455. The fourth-order valence-corrected chi connectivity index (χ4v) is 2.54. The van der Waals surface area contributed by atoms with E-state index < -0.39 is 10.8 Å². The zero-order valence-electron chi connectivity index (χ0n) is 12.4. The van der Waals surface area contributed by atoms with Crippen molar-refractivity contribution in [3.8, 4) is 5.75 Å². The smallest absolute Gasteiger partial charge is 0.271 e. The van der Waals surface area contributed by atoms with Crippen molar-refractivity contribution < 1.29 is 14.5 Å². The van der Waals surface area contributed by atoms with Crippen LogP contribution in [0, 0.1) is 10.1 Å². The number of benzene rings is 2. The van der Waals surface area contributed by atoms with Crippen molar-refractivity contribution >= 4 is 50.5 Å². The van der Waals surface area contributed by atoms with E-state index >= 15 is 0 Å². The van der Waals surface area contributed by atoms with Crippen LogP contribution in [0.4, 0.5) is 11.4 Å². The third-order valence-corrected chi connectivity index (χ3v) is 3.88. The summed E-state index contributed by atoms with van der Waals surface area (Å²) in [5, 5.41) is 16.1. The first-order valence-electron chi connectivity index (χ1n) is 6.61. The highest BCUT2D eigenvalue weighted by Gasteiger charge is 2.15. The Balaban J connectivity index is 2.15. The zero-order chi connectivity index (χ0) is 17.7. The zero-order valence-corrected chi connectivity index (χ0v) is 14.8. The molecule has 0 radical (unpaired) electrons. The van der Waals surface area contributed by atoms with Gasteiger partial charge in [-0.15, -0.1) is 0 Å². The number of non-ortho nitro benzene ring substituents is 1. The van der Waals surface area contributed by atoms with E-state index in [0.717, 1.165) is 0 Å².